The van der Waals surface area contributed by atoms with Gasteiger partial charge < -0.3 is 4.74 Å². The highest BCUT2D eigenvalue weighted by Gasteiger charge is 2.24. The van der Waals surface area contributed by atoms with Gasteiger partial charge in [0.25, 0.3) is 5.69 Å². The number of esters is 1. The quantitative estimate of drug-likeness (QED) is 0.0675. The predicted octanol–water partition coefficient (Wildman–Crippen LogP) is 7.92. The van der Waals surface area contributed by atoms with E-state index in [2.05, 4.69) is 6.92 Å². The van der Waals surface area contributed by atoms with Gasteiger partial charge >= 0.3 is 11.7 Å². The summed E-state index contributed by atoms with van der Waals surface area (Å²) in [6, 6.07) is 3.00. The summed E-state index contributed by atoms with van der Waals surface area (Å²) in [5, 5.41) is 22.0. The SMILES string of the molecule is CCCCCCCCCCCCCCCCC(C)C(=O)Oc1ccc([N+](=O)[O-])cc1[N+](=O)[O-]. The zero-order valence-electron chi connectivity index (χ0n) is 20.3. The van der Waals surface area contributed by atoms with Crippen molar-refractivity contribution in [2.75, 3.05) is 0 Å². The number of ether oxygens (including phenoxy) is 1. The van der Waals surface area contributed by atoms with Gasteiger partial charge in [-0.3, -0.25) is 25.0 Å². The number of non-ortho nitro benzene ring substituents is 1. The van der Waals surface area contributed by atoms with Gasteiger partial charge in [-0.05, 0) is 12.5 Å². The van der Waals surface area contributed by atoms with E-state index >= 15 is 0 Å². The van der Waals surface area contributed by atoms with Crippen LogP contribution in [0.1, 0.15) is 110 Å². The summed E-state index contributed by atoms with van der Waals surface area (Å²) in [5.74, 6) is -1.21. The Balaban J connectivity index is 2.16. The Morgan fingerprint density at radius 2 is 1.30 bits per heavy atom. The zero-order chi connectivity index (χ0) is 24.5. The van der Waals surface area contributed by atoms with Crippen molar-refractivity contribution in [1.29, 1.82) is 0 Å². The van der Waals surface area contributed by atoms with Crippen LogP contribution in [-0.2, 0) is 4.79 Å². The lowest BCUT2D eigenvalue weighted by atomic mass is 10.0. The second-order valence-electron chi connectivity index (χ2n) is 8.87. The molecule has 8 heteroatoms. The van der Waals surface area contributed by atoms with Gasteiger partial charge in [0, 0.05) is 6.07 Å². The molecule has 0 aliphatic rings. The minimum Gasteiger partial charge on any atom is -0.419 e. The van der Waals surface area contributed by atoms with Gasteiger partial charge in [0.05, 0.1) is 21.8 Å². The van der Waals surface area contributed by atoms with Crippen LogP contribution in [0.25, 0.3) is 0 Å². The van der Waals surface area contributed by atoms with E-state index in [9.17, 15) is 25.0 Å². The lowest BCUT2D eigenvalue weighted by Crippen LogP contribution is -2.18. The zero-order valence-corrected chi connectivity index (χ0v) is 20.3. The molecule has 33 heavy (non-hydrogen) atoms. The summed E-state index contributed by atoms with van der Waals surface area (Å²) >= 11 is 0. The van der Waals surface area contributed by atoms with E-state index in [4.69, 9.17) is 4.74 Å². The van der Waals surface area contributed by atoms with Gasteiger partial charge in [-0.15, -0.1) is 0 Å². The van der Waals surface area contributed by atoms with Crippen molar-refractivity contribution in [3.05, 3.63) is 38.4 Å². The maximum atomic E-state index is 12.3. The molecule has 0 aliphatic heterocycles. The van der Waals surface area contributed by atoms with Crippen LogP contribution < -0.4 is 4.74 Å². The average molecular weight is 465 g/mol. The summed E-state index contributed by atoms with van der Waals surface area (Å²) in [7, 11) is 0. The van der Waals surface area contributed by atoms with Crippen molar-refractivity contribution in [2.45, 2.75) is 110 Å². The lowest BCUT2D eigenvalue weighted by molar-refractivity contribution is -0.394. The molecule has 0 saturated carbocycles. The Kier molecular flexibility index (Phi) is 14.7. The minimum absolute atomic E-state index is 0.261. The molecule has 0 aliphatic carbocycles. The number of hydrogen-bond acceptors (Lipinski definition) is 6. The van der Waals surface area contributed by atoms with Crippen molar-refractivity contribution in [3.63, 3.8) is 0 Å². The third kappa shape index (κ3) is 12.3. The fraction of sp³-hybridized carbons (Fsp3) is 0.720. The summed E-state index contributed by atoms with van der Waals surface area (Å²) in [4.78, 5) is 32.7. The molecule has 1 atom stereocenters. The number of benzene rings is 1. The number of rotatable bonds is 19. The second-order valence-corrected chi connectivity index (χ2v) is 8.87. The molecule has 0 amide bonds. The first kappa shape index (κ1) is 28.5. The van der Waals surface area contributed by atoms with Crippen LogP contribution in [0.3, 0.4) is 0 Å². The summed E-state index contributed by atoms with van der Waals surface area (Å²) < 4.78 is 5.17. The molecule has 0 spiro atoms. The molecule has 8 nitrogen and oxygen atoms in total. The average Bonchev–Trinajstić information content (AvgIpc) is 2.79. The van der Waals surface area contributed by atoms with Gasteiger partial charge in [0.2, 0.25) is 5.75 Å². The first-order valence-electron chi connectivity index (χ1n) is 12.5. The van der Waals surface area contributed by atoms with Crippen molar-refractivity contribution in [2.24, 2.45) is 5.92 Å². The number of nitro benzene ring substituents is 2. The Morgan fingerprint density at radius 3 is 1.76 bits per heavy atom. The van der Waals surface area contributed by atoms with Gasteiger partial charge in [0.15, 0.2) is 0 Å². The molecule has 0 N–H and O–H groups in total. The third-order valence-electron chi connectivity index (χ3n) is 5.95. The molecule has 0 bridgehead atoms. The van der Waals surface area contributed by atoms with E-state index in [0.717, 1.165) is 37.5 Å². The number of nitrogens with zero attached hydrogens (tertiary/aromatic N) is 2. The summed E-state index contributed by atoms with van der Waals surface area (Å²) in [6.45, 7) is 3.98. The van der Waals surface area contributed by atoms with E-state index in [1.54, 1.807) is 6.92 Å². The van der Waals surface area contributed by atoms with Crippen LogP contribution in [0.2, 0.25) is 0 Å². The first-order chi connectivity index (χ1) is 15.9. The summed E-state index contributed by atoms with van der Waals surface area (Å²) in [6.07, 6.45) is 18.3. The smallest absolute Gasteiger partial charge is 0.318 e. The maximum absolute atomic E-state index is 12.3. The molecule has 1 unspecified atom stereocenters. The Bertz CT molecular complexity index is 738. The summed E-state index contributed by atoms with van der Waals surface area (Å²) in [5.41, 5.74) is -1.00. The normalized spacial score (nSPS) is 11.8. The number of carbonyl (C=O) groups excluding carboxylic acids is 1. The highest BCUT2D eigenvalue weighted by atomic mass is 16.6. The molecule has 0 aromatic heterocycles. The highest BCUT2D eigenvalue weighted by Crippen LogP contribution is 2.31. The van der Waals surface area contributed by atoms with E-state index < -0.39 is 33.1 Å². The monoisotopic (exact) mass is 464 g/mol. The molecular weight excluding hydrogens is 424 g/mol. The van der Waals surface area contributed by atoms with Gasteiger partial charge in [0.1, 0.15) is 0 Å². The fourth-order valence-corrected chi connectivity index (χ4v) is 3.82. The molecular formula is C25H40N2O6. The van der Waals surface area contributed by atoms with E-state index in [1.807, 2.05) is 0 Å². The number of nitro groups is 2. The largest absolute Gasteiger partial charge is 0.419 e. The maximum Gasteiger partial charge on any atom is 0.318 e. The fourth-order valence-electron chi connectivity index (χ4n) is 3.82. The number of unbranched alkanes of at least 4 members (excludes halogenated alkanes) is 13. The highest BCUT2D eigenvalue weighted by molar-refractivity contribution is 5.76. The number of hydrogen-bond donors (Lipinski definition) is 0. The van der Waals surface area contributed by atoms with E-state index in [-0.39, 0.29) is 5.75 Å². The standard InChI is InChI=1S/C25H40N2O6/c1-3-4-5-6-7-8-9-10-11-12-13-14-15-16-17-21(2)25(28)33-24-19-18-22(26(29)30)20-23(24)27(31)32/h18-21H,3-17H2,1-2H3. The molecule has 0 heterocycles. The molecule has 186 valence electrons. The van der Waals surface area contributed by atoms with Crippen molar-refractivity contribution in [1.82, 2.24) is 0 Å². The lowest BCUT2D eigenvalue weighted by Gasteiger charge is -2.11. The topological polar surface area (TPSA) is 113 Å². The Labute approximate surface area is 197 Å². The number of carbonyl (C=O) groups is 1. The molecule has 1 aromatic carbocycles. The first-order valence-corrected chi connectivity index (χ1v) is 12.5. The molecule has 1 aromatic rings. The van der Waals surface area contributed by atoms with Gasteiger partial charge in [-0.1, -0.05) is 104 Å². The van der Waals surface area contributed by atoms with Crippen LogP contribution in [-0.4, -0.2) is 15.8 Å². The van der Waals surface area contributed by atoms with Crippen LogP contribution in [0.4, 0.5) is 11.4 Å². The molecule has 0 radical (unpaired) electrons. The second kappa shape index (κ2) is 17.0. The van der Waals surface area contributed by atoms with Crippen molar-refractivity contribution >= 4 is 17.3 Å². The van der Waals surface area contributed by atoms with Crippen molar-refractivity contribution in [3.8, 4) is 5.75 Å². The van der Waals surface area contributed by atoms with Crippen LogP contribution >= 0.6 is 0 Å². The van der Waals surface area contributed by atoms with Gasteiger partial charge in [-0.25, -0.2) is 0 Å². The van der Waals surface area contributed by atoms with Crippen molar-refractivity contribution < 1.29 is 19.4 Å². The third-order valence-corrected chi connectivity index (χ3v) is 5.95. The molecule has 1 rings (SSSR count). The van der Waals surface area contributed by atoms with Crippen LogP contribution in [0, 0.1) is 26.1 Å². The molecule has 0 fully saturated rings. The van der Waals surface area contributed by atoms with Crippen LogP contribution in [0.15, 0.2) is 18.2 Å². The van der Waals surface area contributed by atoms with E-state index in [0.29, 0.717) is 6.42 Å². The minimum atomic E-state index is -0.784. The van der Waals surface area contributed by atoms with Crippen LogP contribution in [0.5, 0.6) is 5.75 Å². The Morgan fingerprint density at radius 1 is 0.818 bits per heavy atom. The van der Waals surface area contributed by atoms with Gasteiger partial charge in [-0.2, -0.15) is 0 Å². The Hall–Kier alpha value is -2.51. The molecule has 0 saturated heterocycles. The van der Waals surface area contributed by atoms with E-state index in [1.165, 1.54) is 70.6 Å². The predicted molar refractivity (Wildman–Crippen MR) is 129 cm³/mol.